The molecule has 1 N–H and O–H groups in total. The summed E-state index contributed by atoms with van der Waals surface area (Å²) in [4.78, 5) is 14.5. The molecule has 26 heavy (non-hydrogen) atoms. The summed E-state index contributed by atoms with van der Waals surface area (Å²) in [5.41, 5.74) is 3.07. The number of benzene rings is 2. The molecule has 0 bridgehead atoms. The molecule has 1 aliphatic heterocycles. The predicted molar refractivity (Wildman–Crippen MR) is 103 cm³/mol. The van der Waals surface area contributed by atoms with Crippen LogP contribution in [0.15, 0.2) is 70.3 Å². The van der Waals surface area contributed by atoms with Crippen LogP contribution in [0.4, 0.5) is 11.4 Å². The van der Waals surface area contributed by atoms with E-state index in [4.69, 9.17) is 0 Å². The molecule has 4 rings (SSSR count). The van der Waals surface area contributed by atoms with Gasteiger partial charge < -0.3 is 4.90 Å². The van der Waals surface area contributed by atoms with Crippen LogP contribution >= 0.6 is 11.3 Å². The first-order valence-electron chi connectivity index (χ1n) is 8.11. The molecule has 0 atom stereocenters. The van der Waals surface area contributed by atoms with Crippen molar-refractivity contribution in [2.24, 2.45) is 0 Å². The van der Waals surface area contributed by atoms with Crippen molar-refractivity contribution in [3.8, 4) is 0 Å². The maximum absolute atomic E-state index is 12.8. The van der Waals surface area contributed by atoms with Gasteiger partial charge in [-0.05, 0) is 53.8 Å². The smallest absolute Gasteiger partial charge is 0.271 e. The van der Waals surface area contributed by atoms with Crippen molar-refractivity contribution in [2.75, 3.05) is 16.2 Å². The number of hydrogen-bond donors (Lipinski definition) is 1. The number of fused-ring (bicyclic) bond motifs is 1. The third-order valence-electron chi connectivity index (χ3n) is 4.28. The van der Waals surface area contributed by atoms with Crippen LogP contribution in [0.5, 0.6) is 0 Å². The Morgan fingerprint density at radius 1 is 1.00 bits per heavy atom. The number of carbonyl (C=O) groups excluding carboxylic acids is 1. The number of nitrogens with zero attached hydrogens (tertiary/aromatic N) is 1. The predicted octanol–water partition coefficient (Wildman–Crippen LogP) is 3.75. The zero-order valence-electron chi connectivity index (χ0n) is 13.8. The van der Waals surface area contributed by atoms with E-state index in [1.807, 2.05) is 24.3 Å². The lowest BCUT2D eigenvalue weighted by Crippen LogP contribution is -2.28. The van der Waals surface area contributed by atoms with Crippen molar-refractivity contribution < 1.29 is 13.2 Å². The van der Waals surface area contributed by atoms with Crippen LogP contribution in [0.2, 0.25) is 0 Å². The molecule has 132 valence electrons. The molecule has 5 nitrogen and oxygen atoms in total. The van der Waals surface area contributed by atoms with Crippen LogP contribution in [0.3, 0.4) is 0 Å². The Labute approximate surface area is 156 Å². The molecule has 0 unspecified atom stereocenters. The van der Waals surface area contributed by atoms with Gasteiger partial charge in [-0.2, -0.15) is 0 Å². The van der Waals surface area contributed by atoms with Crippen molar-refractivity contribution in [1.29, 1.82) is 0 Å². The third-order valence-corrected chi connectivity index (χ3v) is 7.06. The second-order valence-corrected chi connectivity index (χ2v) is 8.81. The van der Waals surface area contributed by atoms with E-state index in [-0.39, 0.29) is 10.1 Å². The molecule has 3 aromatic rings. The molecule has 0 saturated heterocycles. The number of nitrogens with one attached hydrogen (secondary N) is 1. The summed E-state index contributed by atoms with van der Waals surface area (Å²) in [6.45, 7) is 0.658. The van der Waals surface area contributed by atoms with Gasteiger partial charge in [0.05, 0.1) is 0 Å². The van der Waals surface area contributed by atoms with E-state index in [1.165, 1.54) is 5.56 Å². The highest BCUT2D eigenvalue weighted by Gasteiger charge is 2.25. The van der Waals surface area contributed by atoms with Crippen molar-refractivity contribution in [1.82, 2.24) is 0 Å². The van der Waals surface area contributed by atoms with Gasteiger partial charge in [-0.3, -0.25) is 9.52 Å². The fourth-order valence-electron chi connectivity index (χ4n) is 3.01. The lowest BCUT2D eigenvalue weighted by molar-refractivity contribution is 0.0989. The van der Waals surface area contributed by atoms with Gasteiger partial charge in [0.1, 0.15) is 4.21 Å². The van der Waals surface area contributed by atoms with E-state index in [9.17, 15) is 13.2 Å². The minimum Gasteiger partial charge on any atom is -0.308 e. The Balaban J connectivity index is 1.53. The molecule has 2 aromatic carbocycles. The van der Waals surface area contributed by atoms with E-state index in [2.05, 4.69) is 4.72 Å². The first kappa shape index (κ1) is 16.8. The maximum atomic E-state index is 12.8. The Hall–Kier alpha value is -2.64. The molecule has 1 aliphatic rings. The Kier molecular flexibility index (Phi) is 4.26. The fraction of sp³-hybridized carbons (Fsp3) is 0.105. The first-order chi connectivity index (χ1) is 12.5. The minimum absolute atomic E-state index is 0.0809. The number of amides is 1. The van der Waals surface area contributed by atoms with E-state index < -0.39 is 10.0 Å². The highest BCUT2D eigenvalue weighted by Crippen LogP contribution is 2.29. The summed E-state index contributed by atoms with van der Waals surface area (Å²) >= 11 is 1.16. The summed E-state index contributed by atoms with van der Waals surface area (Å²) in [5, 5.41) is 1.71. The maximum Gasteiger partial charge on any atom is 0.271 e. The molecule has 0 saturated carbocycles. The van der Waals surface area contributed by atoms with Gasteiger partial charge >= 0.3 is 0 Å². The van der Waals surface area contributed by atoms with Gasteiger partial charge in [-0.15, -0.1) is 11.3 Å². The third kappa shape index (κ3) is 3.11. The van der Waals surface area contributed by atoms with Gasteiger partial charge in [0.25, 0.3) is 15.9 Å². The van der Waals surface area contributed by atoms with Crippen molar-refractivity contribution in [3.63, 3.8) is 0 Å². The lowest BCUT2D eigenvalue weighted by atomic mass is 10.1. The Morgan fingerprint density at radius 3 is 2.50 bits per heavy atom. The number of sulfonamides is 1. The lowest BCUT2D eigenvalue weighted by Gasteiger charge is -2.17. The normalized spacial score (nSPS) is 13.5. The molecule has 1 amide bonds. The highest BCUT2D eigenvalue weighted by molar-refractivity contribution is 7.94. The fourth-order valence-corrected chi connectivity index (χ4v) is 5.06. The van der Waals surface area contributed by atoms with Crippen LogP contribution in [0, 0.1) is 0 Å². The van der Waals surface area contributed by atoms with E-state index in [1.54, 1.807) is 46.7 Å². The van der Waals surface area contributed by atoms with E-state index in [0.717, 1.165) is 23.4 Å². The average Bonchev–Trinajstić information content (AvgIpc) is 3.32. The van der Waals surface area contributed by atoms with E-state index in [0.29, 0.717) is 17.8 Å². The number of carbonyl (C=O) groups is 1. The second kappa shape index (κ2) is 6.59. The highest BCUT2D eigenvalue weighted by atomic mass is 32.2. The second-order valence-electron chi connectivity index (χ2n) is 5.95. The largest absolute Gasteiger partial charge is 0.308 e. The summed E-state index contributed by atoms with van der Waals surface area (Å²) < 4.78 is 27.3. The van der Waals surface area contributed by atoms with Crippen LogP contribution in [0.1, 0.15) is 15.9 Å². The molecule has 0 spiro atoms. The van der Waals surface area contributed by atoms with Crippen molar-refractivity contribution in [2.45, 2.75) is 10.6 Å². The summed E-state index contributed by atoms with van der Waals surface area (Å²) in [7, 11) is -3.59. The number of hydrogen-bond acceptors (Lipinski definition) is 4. The number of anilines is 2. The molecule has 7 heteroatoms. The minimum atomic E-state index is -3.59. The summed E-state index contributed by atoms with van der Waals surface area (Å²) in [5.74, 6) is -0.0809. The number of para-hydroxylation sites is 1. The Morgan fingerprint density at radius 2 is 1.77 bits per heavy atom. The standard InChI is InChI=1S/C19H16N2O3S2/c22-19(21-12-11-14-4-1-2-5-17(14)21)15-7-9-16(10-8-15)20-26(23,24)18-6-3-13-25-18/h1-10,13,20H,11-12H2. The molecular formula is C19H16N2O3S2. The van der Waals surface area contributed by atoms with Gasteiger partial charge in [-0.1, -0.05) is 24.3 Å². The first-order valence-corrected chi connectivity index (χ1v) is 10.5. The average molecular weight is 384 g/mol. The zero-order chi connectivity index (χ0) is 18.1. The quantitative estimate of drug-likeness (QED) is 0.745. The SMILES string of the molecule is O=C(c1ccc(NS(=O)(=O)c2cccs2)cc1)N1CCc2ccccc21. The van der Waals surface area contributed by atoms with Crippen LogP contribution < -0.4 is 9.62 Å². The molecule has 0 fully saturated rings. The molecule has 0 radical (unpaired) electrons. The topological polar surface area (TPSA) is 66.5 Å². The van der Waals surface area contributed by atoms with Crippen LogP contribution in [-0.2, 0) is 16.4 Å². The van der Waals surface area contributed by atoms with Gasteiger partial charge in [0.15, 0.2) is 0 Å². The monoisotopic (exact) mass is 384 g/mol. The summed E-state index contributed by atoms with van der Waals surface area (Å²) in [6.07, 6.45) is 0.848. The number of thiophene rings is 1. The molecule has 2 heterocycles. The van der Waals surface area contributed by atoms with Crippen molar-refractivity contribution in [3.05, 3.63) is 77.2 Å². The molecule has 1 aromatic heterocycles. The summed E-state index contributed by atoms with van der Waals surface area (Å²) in [6, 6.07) is 17.6. The van der Waals surface area contributed by atoms with E-state index >= 15 is 0 Å². The zero-order valence-corrected chi connectivity index (χ0v) is 15.4. The van der Waals surface area contributed by atoms with Crippen LogP contribution in [-0.4, -0.2) is 20.9 Å². The van der Waals surface area contributed by atoms with Gasteiger partial charge in [0, 0.05) is 23.5 Å². The van der Waals surface area contributed by atoms with Gasteiger partial charge in [0.2, 0.25) is 0 Å². The van der Waals surface area contributed by atoms with Crippen LogP contribution in [0.25, 0.3) is 0 Å². The van der Waals surface area contributed by atoms with Crippen molar-refractivity contribution >= 4 is 38.6 Å². The Bertz CT molecular complexity index is 1040. The molecule has 0 aliphatic carbocycles. The number of rotatable bonds is 4. The molecular weight excluding hydrogens is 368 g/mol. The van der Waals surface area contributed by atoms with Gasteiger partial charge in [-0.25, -0.2) is 8.42 Å².